The van der Waals surface area contributed by atoms with E-state index in [1.807, 2.05) is 0 Å². The third kappa shape index (κ3) is 3.48. The molecule has 5 nitrogen and oxygen atoms in total. The van der Waals surface area contributed by atoms with Gasteiger partial charge in [-0.05, 0) is 18.8 Å². The standard InChI is InChI=1S/C11H20N2O3/c1-13(10(14)9(12)11(15)16)7-8-5-3-2-4-6-8/h8-9H,2-7,12H2,1H3,(H,15,16). The number of likely N-dealkylation sites (N-methyl/N-ethyl adjacent to an activating group) is 1. The van der Waals surface area contributed by atoms with Crippen molar-refractivity contribution in [2.24, 2.45) is 11.7 Å². The van der Waals surface area contributed by atoms with E-state index in [2.05, 4.69) is 0 Å². The minimum atomic E-state index is -1.42. The normalized spacial score (nSPS) is 19.1. The van der Waals surface area contributed by atoms with Gasteiger partial charge in [0.15, 0.2) is 6.04 Å². The number of carbonyl (C=O) groups excluding carboxylic acids is 1. The van der Waals surface area contributed by atoms with E-state index in [1.54, 1.807) is 7.05 Å². The van der Waals surface area contributed by atoms with Crippen LogP contribution in [0.3, 0.4) is 0 Å². The molecule has 0 aromatic carbocycles. The first-order valence-corrected chi connectivity index (χ1v) is 5.75. The molecule has 0 aromatic rings. The van der Waals surface area contributed by atoms with Gasteiger partial charge in [-0.15, -0.1) is 0 Å². The van der Waals surface area contributed by atoms with Crippen molar-refractivity contribution < 1.29 is 14.7 Å². The van der Waals surface area contributed by atoms with Gasteiger partial charge < -0.3 is 15.7 Å². The fourth-order valence-electron chi connectivity index (χ4n) is 2.19. The van der Waals surface area contributed by atoms with Gasteiger partial charge in [0.25, 0.3) is 5.91 Å². The Morgan fingerprint density at radius 2 is 1.94 bits per heavy atom. The van der Waals surface area contributed by atoms with Gasteiger partial charge in [0.1, 0.15) is 0 Å². The smallest absolute Gasteiger partial charge is 0.330 e. The molecule has 0 saturated heterocycles. The maximum atomic E-state index is 11.6. The lowest BCUT2D eigenvalue weighted by Gasteiger charge is -2.27. The van der Waals surface area contributed by atoms with Crippen LogP contribution in [0, 0.1) is 5.92 Å². The summed E-state index contributed by atoms with van der Waals surface area (Å²) in [7, 11) is 1.62. The molecular weight excluding hydrogens is 208 g/mol. The van der Waals surface area contributed by atoms with Crippen LogP contribution in [0.4, 0.5) is 0 Å². The highest BCUT2D eigenvalue weighted by Crippen LogP contribution is 2.24. The molecule has 3 N–H and O–H groups in total. The molecule has 5 heteroatoms. The molecule has 1 aliphatic carbocycles. The van der Waals surface area contributed by atoms with Crippen molar-refractivity contribution in [3.05, 3.63) is 0 Å². The first-order chi connectivity index (χ1) is 7.52. The van der Waals surface area contributed by atoms with Gasteiger partial charge in [0.2, 0.25) is 0 Å². The fourth-order valence-corrected chi connectivity index (χ4v) is 2.19. The van der Waals surface area contributed by atoms with Crippen LogP contribution in [-0.2, 0) is 9.59 Å². The van der Waals surface area contributed by atoms with Crippen LogP contribution in [0.5, 0.6) is 0 Å². The summed E-state index contributed by atoms with van der Waals surface area (Å²) in [4.78, 5) is 23.6. The summed E-state index contributed by atoms with van der Waals surface area (Å²) < 4.78 is 0. The van der Waals surface area contributed by atoms with Crippen LogP contribution in [-0.4, -0.2) is 41.5 Å². The lowest BCUT2D eigenvalue weighted by Crippen LogP contribution is -2.48. The first-order valence-electron chi connectivity index (χ1n) is 5.75. The largest absolute Gasteiger partial charge is 0.480 e. The molecule has 0 heterocycles. The SMILES string of the molecule is CN(CC1CCCCC1)C(=O)C(N)C(=O)O. The molecule has 1 aliphatic rings. The quantitative estimate of drug-likeness (QED) is 0.684. The molecule has 0 aliphatic heterocycles. The predicted octanol–water partition coefficient (Wildman–Crippen LogP) is 0.437. The second-order valence-corrected chi connectivity index (χ2v) is 4.54. The number of amides is 1. The van der Waals surface area contributed by atoms with Crippen molar-refractivity contribution in [3.8, 4) is 0 Å². The topological polar surface area (TPSA) is 83.6 Å². The number of carboxylic acids is 1. The fraction of sp³-hybridized carbons (Fsp3) is 0.818. The molecule has 0 bridgehead atoms. The molecule has 0 spiro atoms. The molecule has 1 saturated carbocycles. The van der Waals surface area contributed by atoms with Crippen molar-refractivity contribution in [3.63, 3.8) is 0 Å². The van der Waals surface area contributed by atoms with E-state index < -0.39 is 17.9 Å². The zero-order chi connectivity index (χ0) is 12.1. The Kier molecular flexibility index (Phi) is 4.73. The molecule has 0 aromatic heterocycles. The average molecular weight is 228 g/mol. The second-order valence-electron chi connectivity index (χ2n) is 4.54. The Hall–Kier alpha value is -1.10. The van der Waals surface area contributed by atoms with Crippen molar-refractivity contribution in [2.45, 2.75) is 38.1 Å². The van der Waals surface area contributed by atoms with Gasteiger partial charge in [0, 0.05) is 13.6 Å². The lowest BCUT2D eigenvalue weighted by molar-refractivity contribution is -0.146. The summed E-state index contributed by atoms with van der Waals surface area (Å²) in [6.07, 6.45) is 5.93. The average Bonchev–Trinajstić information content (AvgIpc) is 2.28. The molecule has 92 valence electrons. The van der Waals surface area contributed by atoms with E-state index in [-0.39, 0.29) is 0 Å². The maximum Gasteiger partial charge on any atom is 0.330 e. The summed E-state index contributed by atoms with van der Waals surface area (Å²) in [6.45, 7) is 0.625. The van der Waals surface area contributed by atoms with Crippen LogP contribution in [0.15, 0.2) is 0 Å². The number of nitrogens with two attached hydrogens (primary N) is 1. The number of carboxylic acid groups (broad SMARTS) is 1. The van der Waals surface area contributed by atoms with E-state index in [1.165, 1.54) is 24.2 Å². The van der Waals surface area contributed by atoms with E-state index in [0.29, 0.717) is 12.5 Å². The third-order valence-electron chi connectivity index (χ3n) is 3.17. The molecule has 1 rings (SSSR count). The van der Waals surface area contributed by atoms with Crippen molar-refractivity contribution in [1.29, 1.82) is 0 Å². The number of carbonyl (C=O) groups is 2. The van der Waals surface area contributed by atoms with E-state index in [4.69, 9.17) is 10.8 Å². The Labute approximate surface area is 95.6 Å². The molecule has 16 heavy (non-hydrogen) atoms. The number of aliphatic carboxylic acids is 1. The van der Waals surface area contributed by atoms with Gasteiger partial charge in [0.05, 0.1) is 0 Å². The second kappa shape index (κ2) is 5.84. The van der Waals surface area contributed by atoms with Crippen LogP contribution in [0.1, 0.15) is 32.1 Å². The lowest BCUT2D eigenvalue weighted by atomic mass is 9.89. The van der Waals surface area contributed by atoms with Crippen LogP contribution in [0.25, 0.3) is 0 Å². The molecule has 1 fully saturated rings. The van der Waals surface area contributed by atoms with Gasteiger partial charge >= 0.3 is 5.97 Å². The van der Waals surface area contributed by atoms with Gasteiger partial charge in [-0.2, -0.15) is 0 Å². The number of hydrogen-bond acceptors (Lipinski definition) is 3. The highest BCUT2D eigenvalue weighted by molar-refractivity contribution is 6.00. The molecule has 1 amide bonds. The molecule has 0 radical (unpaired) electrons. The van der Waals surface area contributed by atoms with Crippen LogP contribution < -0.4 is 5.73 Å². The Bertz CT molecular complexity index is 262. The number of hydrogen-bond donors (Lipinski definition) is 2. The summed E-state index contributed by atoms with van der Waals surface area (Å²) in [6, 6.07) is -1.42. The minimum absolute atomic E-state index is 0.502. The third-order valence-corrected chi connectivity index (χ3v) is 3.17. The Balaban J connectivity index is 2.41. The summed E-state index contributed by atoms with van der Waals surface area (Å²) in [5.41, 5.74) is 5.28. The van der Waals surface area contributed by atoms with Gasteiger partial charge in [-0.25, -0.2) is 4.79 Å². The zero-order valence-corrected chi connectivity index (χ0v) is 9.69. The van der Waals surface area contributed by atoms with Crippen LogP contribution >= 0.6 is 0 Å². The minimum Gasteiger partial charge on any atom is -0.480 e. The van der Waals surface area contributed by atoms with E-state index in [9.17, 15) is 9.59 Å². The Morgan fingerprint density at radius 1 is 1.38 bits per heavy atom. The van der Waals surface area contributed by atoms with Gasteiger partial charge in [-0.3, -0.25) is 4.79 Å². The number of nitrogens with zero attached hydrogens (tertiary/aromatic N) is 1. The zero-order valence-electron chi connectivity index (χ0n) is 9.69. The summed E-state index contributed by atoms with van der Waals surface area (Å²) in [5, 5.41) is 8.63. The van der Waals surface area contributed by atoms with Crippen LogP contribution in [0.2, 0.25) is 0 Å². The summed E-state index contributed by atoms with van der Waals surface area (Å²) >= 11 is 0. The Morgan fingerprint density at radius 3 is 2.44 bits per heavy atom. The number of rotatable bonds is 4. The molecule has 1 unspecified atom stereocenters. The highest BCUT2D eigenvalue weighted by Gasteiger charge is 2.26. The van der Waals surface area contributed by atoms with Crippen molar-refractivity contribution in [2.75, 3.05) is 13.6 Å². The van der Waals surface area contributed by atoms with E-state index in [0.717, 1.165) is 12.8 Å². The predicted molar refractivity (Wildman–Crippen MR) is 59.8 cm³/mol. The highest BCUT2D eigenvalue weighted by atomic mass is 16.4. The molecule has 1 atom stereocenters. The maximum absolute atomic E-state index is 11.6. The summed E-state index contributed by atoms with van der Waals surface area (Å²) in [5.74, 6) is -1.26. The molecular formula is C11H20N2O3. The van der Waals surface area contributed by atoms with Gasteiger partial charge in [-0.1, -0.05) is 19.3 Å². The van der Waals surface area contributed by atoms with Crippen molar-refractivity contribution >= 4 is 11.9 Å². The van der Waals surface area contributed by atoms with Crippen molar-refractivity contribution in [1.82, 2.24) is 4.90 Å². The first kappa shape index (κ1) is 13.0. The monoisotopic (exact) mass is 228 g/mol. The van der Waals surface area contributed by atoms with E-state index >= 15 is 0 Å².